The maximum Gasteiger partial charge on any atom is 0.407 e. The van der Waals surface area contributed by atoms with Crippen LogP contribution in [0.25, 0.3) is 11.1 Å². The van der Waals surface area contributed by atoms with E-state index in [4.69, 9.17) is 4.74 Å². The van der Waals surface area contributed by atoms with E-state index in [0.29, 0.717) is 6.42 Å². The van der Waals surface area contributed by atoms with Crippen LogP contribution < -0.4 is 10.4 Å². The fraction of sp³-hybridized carbons (Fsp3) is 0.200. The molecule has 1 N–H and O–H groups in total. The lowest BCUT2D eigenvalue weighted by Crippen LogP contribution is -2.48. The van der Waals surface area contributed by atoms with E-state index in [1.165, 1.54) is 0 Å². The standard InChI is InChI=1S/C25H23NO4/c27-24(28)23(15-14-17-8-2-1-3-9-17)26-25(29)30-16-22-20-12-6-4-10-18(20)19-11-5-7-13-21(19)22/h1-13,22-23H,14-16H2,(H,26,29)(H,27,28)/p-1/t23-/m1/s1. The molecule has 4 rings (SSSR count). The van der Waals surface area contributed by atoms with Crippen molar-refractivity contribution in [3.8, 4) is 11.1 Å². The Hall–Kier alpha value is -3.60. The Balaban J connectivity index is 1.38. The molecule has 30 heavy (non-hydrogen) atoms. The van der Waals surface area contributed by atoms with Crippen LogP contribution in [-0.4, -0.2) is 24.7 Å². The zero-order chi connectivity index (χ0) is 20.9. The monoisotopic (exact) mass is 400 g/mol. The quantitative estimate of drug-likeness (QED) is 0.660. The summed E-state index contributed by atoms with van der Waals surface area (Å²) in [5.74, 6) is -1.40. The normalized spacial score (nSPS) is 13.2. The summed E-state index contributed by atoms with van der Waals surface area (Å²) in [5, 5.41) is 13.9. The smallest absolute Gasteiger partial charge is 0.407 e. The molecule has 5 heteroatoms. The van der Waals surface area contributed by atoms with Crippen molar-refractivity contribution in [2.75, 3.05) is 6.61 Å². The number of carboxylic acid groups (broad SMARTS) is 1. The van der Waals surface area contributed by atoms with Gasteiger partial charge in [-0.15, -0.1) is 0 Å². The van der Waals surface area contributed by atoms with Gasteiger partial charge in [-0.05, 0) is 40.7 Å². The number of carbonyl (C=O) groups is 2. The number of aliphatic carboxylic acids is 1. The van der Waals surface area contributed by atoms with Gasteiger partial charge in [-0.2, -0.15) is 0 Å². The molecule has 1 aliphatic carbocycles. The van der Waals surface area contributed by atoms with Gasteiger partial charge in [-0.25, -0.2) is 4.79 Å². The lowest BCUT2D eigenvalue weighted by Gasteiger charge is -2.20. The molecule has 0 spiro atoms. The average molecular weight is 400 g/mol. The molecule has 0 saturated carbocycles. The molecule has 0 bridgehead atoms. The van der Waals surface area contributed by atoms with Gasteiger partial charge in [0.15, 0.2) is 0 Å². The number of amides is 1. The maximum atomic E-state index is 12.3. The lowest BCUT2D eigenvalue weighted by atomic mass is 9.98. The average Bonchev–Trinajstić information content (AvgIpc) is 3.09. The second-order valence-corrected chi connectivity index (χ2v) is 7.37. The van der Waals surface area contributed by atoms with Crippen LogP contribution in [0.3, 0.4) is 0 Å². The van der Waals surface area contributed by atoms with Crippen LogP contribution in [0.2, 0.25) is 0 Å². The van der Waals surface area contributed by atoms with Crippen molar-refractivity contribution >= 4 is 12.1 Å². The van der Waals surface area contributed by atoms with Crippen LogP contribution >= 0.6 is 0 Å². The van der Waals surface area contributed by atoms with Crippen molar-refractivity contribution in [1.29, 1.82) is 0 Å². The van der Waals surface area contributed by atoms with Gasteiger partial charge in [0.1, 0.15) is 6.61 Å². The molecule has 1 amide bonds. The zero-order valence-corrected chi connectivity index (χ0v) is 16.4. The third kappa shape index (κ3) is 4.20. The number of carboxylic acids is 1. The molecule has 0 fully saturated rings. The Morgan fingerprint density at radius 2 is 1.43 bits per heavy atom. The van der Waals surface area contributed by atoms with E-state index in [9.17, 15) is 14.7 Å². The van der Waals surface area contributed by atoms with Crippen LogP contribution in [0, 0.1) is 0 Å². The Bertz CT molecular complexity index is 1000. The van der Waals surface area contributed by atoms with Crippen LogP contribution in [-0.2, 0) is 16.0 Å². The highest BCUT2D eigenvalue weighted by molar-refractivity contribution is 5.80. The fourth-order valence-electron chi connectivity index (χ4n) is 3.99. The molecule has 0 aromatic heterocycles. The summed E-state index contributed by atoms with van der Waals surface area (Å²) in [7, 11) is 0. The van der Waals surface area contributed by atoms with Crippen molar-refractivity contribution < 1.29 is 19.4 Å². The first-order valence-electron chi connectivity index (χ1n) is 10.00. The molecule has 1 aliphatic rings. The highest BCUT2D eigenvalue weighted by atomic mass is 16.5. The summed E-state index contributed by atoms with van der Waals surface area (Å²) in [6.45, 7) is 0.137. The second kappa shape index (κ2) is 8.82. The lowest BCUT2D eigenvalue weighted by molar-refractivity contribution is -0.308. The van der Waals surface area contributed by atoms with E-state index in [1.807, 2.05) is 66.7 Å². The van der Waals surface area contributed by atoms with Crippen LogP contribution in [0.5, 0.6) is 0 Å². The Labute approximate surface area is 175 Å². The third-order valence-corrected chi connectivity index (χ3v) is 5.48. The number of nitrogens with one attached hydrogen (secondary N) is 1. The molecular weight excluding hydrogens is 378 g/mol. The van der Waals surface area contributed by atoms with E-state index >= 15 is 0 Å². The number of hydrogen-bond acceptors (Lipinski definition) is 4. The van der Waals surface area contributed by atoms with Gasteiger partial charge in [0.25, 0.3) is 0 Å². The summed E-state index contributed by atoms with van der Waals surface area (Å²) in [6, 6.07) is 24.5. The highest BCUT2D eigenvalue weighted by Crippen LogP contribution is 2.44. The van der Waals surface area contributed by atoms with Gasteiger partial charge in [0, 0.05) is 5.92 Å². The number of rotatable bonds is 7. The van der Waals surface area contributed by atoms with E-state index in [2.05, 4.69) is 17.4 Å². The van der Waals surface area contributed by atoms with Gasteiger partial charge in [0.2, 0.25) is 0 Å². The second-order valence-electron chi connectivity index (χ2n) is 7.37. The Morgan fingerprint density at radius 1 is 0.867 bits per heavy atom. The highest BCUT2D eigenvalue weighted by Gasteiger charge is 2.29. The van der Waals surface area contributed by atoms with Gasteiger partial charge in [-0.3, -0.25) is 0 Å². The van der Waals surface area contributed by atoms with Crippen LogP contribution in [0.1, 0.15) is 29.0 Å². The molecule has 3 aromatic carbocycles. The molecule has 0 radical (unpaired) electrons. The molecule has 152 valence electrons. The summed E-state index contributed by atoms with van der Waals surface area (Å²) < 4.78 is 5.43. The summed E-state index contributed by atoms with van der Waals surface area (Å²) in [5.41, 5.74) is 5.48. The Kier molecular flexibility index (Phi) is 5.80. The number of carbonyl (C=O) groups excluding carboxylic acids is 2. The SMILES string of the molecule is O=C(N[C@H](CCc1ccccc1)C(=O)[O-])OCC1c2ccccc2-c2ccccc21. The molecule has 0 aliphatic heterocycles. The first-order chi connectivity index (χ1) is 14.6. The molecule has 0 saturated heterocycles. The first kappa shape index (κ1) is 19.7. The van der Waals surface area contributed by atoms with Crippen molar-refractivity contribution in [3.63, 3.8) is 0 Å². The number of alkyl carbamates (subject to hydrolysis) is 1. The number of benzene rings is 3. The predicted octanol–water partition coefficient (Wildman–Crippen LogP) is 3.28. The van der Waals surface area contributed by atoms with Gasteiger partial charge in [-0.1, -0.05) is 78.9 Å². The predicted molar refractivity (Wildman–Crippen MR) is 112 cm³/mol. The topological polar surface area (TPSA) is 78.5 Å². The molecular formula is C25H22NO4-. The number of fused-ring (bicyclic) bond motifs is 3. The minimum atomic E-state index is -1.32. The molecule has 0 heterocycles. The maximum absolute atomic E-state index is 12.3. The Morgan fingerprint density at radius 3 is 2.03 bits per heavy atom. The zero-order valence-electron chi connectivity index (χ0n) is 16.4. The summed E-state index contributed by atoms with van der Waals surface area (Å²) in [4.78, 5) is 23.8. The van der Waals surface area contributed by atoms with E-state index in [-0.39, 0.29) is 18.9 Å². The number of aryl methyl sites for hydroxylation is 1. The van der Waals surface area contributed by atoms with Gasteiger partial charge >= 0.3 is 6.09 Å². The van der Waals surface area contributed by atoms with Crippen molar-refractivity contribution in [2.24, 2.45) is 0 Å². The van der Waals surface area contributed by atoms with E-state index in [1.54, 1.807) is 0 Å². The molecule has 5 nitrogen and oxygen atoms in total. The van der Waals surface area contributed by atoms with Crippen molar-refractivity contribution in [1.82, 2.24) is 5.32 Å². The van der Waals surface area contributed by atoms with E-state index in [0.717, 1.165) is 27.8 Å². The molecule has 3 aromatic rings. The molecule has 1 atom stereocenters. The minimum Gasteiger partial charge on any atom is -0.548 e. The summed E-state index contributed by atoms with van der Waals surface area (Å²) in [6.07, 6.45) is -0.00112. The molecule has 0 unspecified atom stereocenters. The van der Waals surface area contributed by atoms with Crippen molar-refractivity contribution in [2.45, 2.75) is 24.8 Å². The van der Waals surface area contributed by atoms with Gasteiger partial charge in [0.05, 0.1) is 12.0 Å². The van der Waals surface area contributed by atoms with Crippen LogP contribution in [0.4, 0.5) is 4.79 Å². The fourth-order valence-corrected chi connectivity index (χ4v) is 3.99. The largest absolute Gasteiger partial charge is 0.548 e. The number of ether oxygens (including phenoxy) is 1. The van der Waals surface area contributed by atoms with Gasteiger partial charge < -0.3 is 20.0 Å². The number of hydrogen-bond donors (Lipinski definition) is 1. The van der Waals surface area contributed by atoms with E-state index < -0.39 is 18.1 Å². The summed E-state index contributed by atoms with van der Waals surface area (Å²) >= 11 is 0. The third-order valence-electron chi connectivity index (χ3n) is 5.48. The van der Waals surface area contributed by atoms with Crippen LogP contribution in [0.15, 0.2) is 78.9 Å². The van der Waals surface area contributed by atoms with Crippen molar-refractivity contribution in [3.05, 3.63) is 95.6 Å². The first-order valence-corrected chi connectivity index (χ1v) is 10.00. The minimum absolute atomic E-state index is 0.0751.